The Bertz CT molecular complexity index is 286. The van der Waals surface area contributed by atoms with Gasteiger partial charge in [0.2, 0.25) is 5.91 Å². The van der Waals surface area contributed by atoms with E-state index in [1.54, 1.807) is 13.8 Å². The van der Waals surface area contributed by atoms with E-state index < -0.39 is 11.9 Å². The Morgan fingerprint density at radius 1 is 1.31 bits per heavy atom. The monoisotopic (exact) mass is 227 g/mol. The average Bonchev–Trinajstić information content (AvgIpc) is 2.14. The molecule has 2 N–H and O–H groups in total. The van der Waals surface area contributed by atoms with E-state index in [1.165, 1.54) is 0 Å². The lowest BCUT2D eigenvalue weighted by atomic mass is 10.00. The number of aliphatic carboxylic acids is 1. The van der Waals surface area contributed by atoms with Gasteiger partial charge in [0, 0.05) is 12.0 Å². The molecule has 0 aromatic carbocycles. The summed E-state index contributed by atoms with van der Waals surface area (Å²) in [6.45, 7) is 10.7. The molecule has 0 rings (SSSR count). The Morgan fingerprint density at radius 3 is 2.19 bits per heavy atom. The van der Waals surface area contributed by atoms with Crippen LogP contribution in [-0.4, -0.2) is 23.0 Å². The Kier molecular flexibility index (Phi) is 5.78. The van der Waals surface area contributed by atoms with Crippen LogP contribution in [0.25, 0.3) is 0 Å². The Labute approximate surface area is 96.7 Å². The zero-order valence-corrected chi connectivity index (χ0v) is 10.4. The molecule has 0 saturated carbocycles. The molecule has 0 aliphatic rings. The minimum atomic E-state index is -0.902. The number of hydrogen-bond donors (Lipinski definition) is 2. The molecule has 0 bridgehead atoms. The van der Waals surface area contributed by atoms with Gasteiger partial charge in [-0.15, -0.1) is 6.58 Å². The van der Waals surface area contributed by atoms with Crippen molar-refractivity contribution in [1.29, 1.82) is 0 Å². The molecule has 0 radical (unpaired) electrons. The summed E-state index contributed by atoms with van der Waals surface area (Å²) in [5, 5.41) is 11.5. The highest BCUT2D eigenvalue weighted by Crippen LogP contribution is 2.10. The summed E-state index contributed by atoms with van der Waals surface area (Å²) in [7, 11) is 0. The van der Waals surface area contributed by atoms with Crippen LogP contribution in [0.5, 0.6) is 0 Å². The molecule has 0 fully saturated rings. The zero-order valence-electron chi connectivity index (χ0n) is 10.4. The largest absolute Gasteiger partial charge is 0.481 e. The van der Waals surface area contributed by atoms with E-state index in [9.17, 15) is 9.59 Å². The predicted octanol–water partition coefficient (Wildman–Crippen LogP) is 1.81. The van der Waals surface area contributed by atoms with Crippen LogP contribution in [0.3, 0.4) is 0 Å². The van der Waals surface area contributed by atoms with Crippen molar-refractivity contribution in [2.45, 2.75) is 40.2 Å². The van der Waals surface area contributed by atoms with Crippen LogP contribution in [0, 0.1) is 11.8 Å². The number of amides is 1. The normalized spacial score (nSPS) is 16.0. The molecular weight excluding hydrogens is 206 g/mol. The van der Waals surface area contributed by atoms with Crippen LogP contribution in [-0.2, 0) is 9.59 Å². The Morgan fingerprint density at radius 2 is 1.81 bits per heavy atom. The third kappa shape index (κ3) is 4.96. The van der Waals surface area contributed by atoms with Crippen molar-refractivity contribution in [3.8, 4) is 0 Å². The first kappa shape index (κ1) is 14.7. The molecule has 0 spiro atoms. The van der Waals surface area contributed by atoms with Crippen LogP contribution < -0.4 is 5.32 Å². The minimum Gasteiger partial charge on any atom is -0.481 e. The molecule has 0 aliphatic heterocycles. The van der Waals surface area contributed by atoms with Gasteiger partial charge in [0.25, 0.3) is 0 Å². The van der Waals surface area contributed by atoms with Crippen molar-refractivity contribution in [3.63, 3.8) is 0 Å². The predicted molar refractivity (Wildman–Crippen MR) is 63.0 cm³/mol. The summed E-state index contributed by atoms with van der Waals surface area (Å²) in [6.07, 6.45) is 0.625. The van der Waals surface area contributed by atoms with Gasteiger partial charge in [0.05, 0.1) is 5.92 Å². The van der Waals surface area contributed by atoms with Gasteiger partial charge >= 0.3 is 5.97 Å². The van der Waals surface area contributed by atoms with Gasteiger partial charge in [0.15, 0.2) is 0 Å². The zero-order chi connectivity index (χ0) is 12.9. The molecule has 0 heterocycles. The maximum Gasteiger partial charge on any atom is 0.308 e. The van der Waals surface area contributed by atoms with Gasteiger partial charge in [-0.1, -0.05) is 12.5 Å². The van der Waals surface area contributed by atoms with Gasteiger partial charge in [-0.3, -0.25) is 9.59 Å². The van der Waals surface area contributed by atoms with Gasteiger partial charge in [0.1, 0.15) is 0 Å². The first-order valence-corrected chi connectivity index (χ1v) is 5.43. The number of carboxylic acids is 1. The van der Waals surface area contributed by atoms with Crippen molar-refractivity contribution >= 4 is 11.9 Å². The van der Waals surface area contributed by atoms with Crippen molar-refractivity contribution in [2.24, 2.45) is 11.8 Å². The summed E-state index contributed by atoms with van der Waals surface area (Å²) in [4.78, 5) is 22.4. The molecule has 0 aromatic rings. The highest BCUT2D eigenvalue weighted by atomic mass is 16.4. The minimum absolute atomic E-state index is 0.122. The average molecular weight is 227 g/mol. The fourth-order valence-electron chi connectivity index (χ4n) is 1.32. The van der Waals surface area contributed by atoms with E-state index in [1.807, 2.05) is 13.8 Å². The summed E-state index contributed by atoms with van der Waals surface area (Å²) in [5.74, 6) is -1.77. The quantitative estimate of drug-likeness (QED) is 0.680. The second-order valence-corrected chi connectivity index (χ2v) is 4.49. The fraction of sp³-hybridized carbons (Fsp3) is 0.667. The molecule has 4 nitrogen and oxygen atoms in total. The van der Waals surface area contributed by atoms with Crippen LogP contribution >= 0.6 is 0 Å². The Balaban J connectivity index is 4.23. The summed E-state index contributed by atoms with van der Waals surface area (Å²) in [6, 6.07) is -0.363. The van der Waals surface area contributed by atoms with Crippen molar-refractivity contribution in [2.75, 3.05) is 0 Å². The molecule has 4 heteroatoms. The number of nitrogens with one attached hydrogen (secondary N) is 1. The highest BCUT2D eigenvalue weighted by molar-refractivity contribution is 5.80. The lowest BCUT2D eigenvalue weighted by molar-refractivity contribution is -0.142. The number of carboxylic acid groups (broad SMARTS) is 1. The third-order valence-electron chi connectivity index (χ3n) is 2.61. The fourth-order valence-corrected chi connectivity index (χ4v) is 1.32. The van der Waals surface area contributed by atoms with Gasteiger partial charge in [-0.05, 0) is 27.2 Å². The molecular formula is C12H21NO3. The summed E-state index contributed by atoms with van der Waals surface area (Å²) >= 11 is 0. The topological polar surface area (TPSA) is 66.4 Å². The van der Waals surface area contributed by atoms with Crippen LogP contribution in [0.15, 0.2) is 12.2 Å². The maximum absolute atomic E-state index is 11.7. The van der Waals surface area contributed by atoms with E-state index in [4.69, 9.17) is 5.11 Å². The summed E-state index contributed by atoms with van der Waals surface area (Å²) in [5.41, 5.74) is 0.946. The number of carbonyl (C=O) groups excluding carboxylic acids is 1. The SMILES string of the molecule is C=C(C)CC(C)C(=O)NC(C)C(C)C(=O)O. The number of rotatable bonds is 6. The lowest BCUT2D eigenvalue weighted by Gasteiger charge is -2.20. The molecule has 1 amide bonds. The molecule has 0 saturated heterocycles. The van der Waals surface area contributed by atoms with E-state index in [2.05, 4.69) is 11.9 Å². The van der Waals surface area contributed by atoms with Gasteiger partial charge < -0.3 is 10.4 Å². The van der Waals surface area contributed by atoms with Gasteiger partial charge in [-0.25, -0.2) is 0 Å². The first-order chi connectivity index (χ1) is 7.25. The summed E-state index contributed by atoms with van der Waals surface area (Å²) < 4.78 is 0. The Hall–Kier alpha value is -1.32. The second-order valence-electron chi connectivity index (χ2n) is 4.49. The molecule has 92 valence electrons. The first-order valence-electron chi connectivity index (χ1n) is 5.43. The molecule has 0 aromatic heterocycles. The maximum atomic E-state index is 11.7. The number of allylic oxidation sites excluding steroid dienone is 1. The van der Waals surface area contributed by atoms with Crippen molar-refractivity contribution in [1.82, 2.24) is 5.32 Å². The number of hydrogen-bond acceptors (Lipinski definition) is 2. The third-order valence-corrected chi connectivity index (χ3v) is 2.61. The van der Waals surface area contributed by atoms with E-state index in [-0.39, 0.29) is 17.9 Å². The molecule has 3 unspecified atom stereocenters. The van der Waals surface area contributed by atoms with Crippen LogP contribution in [0.4, 0.5) is 0 Å². The van der Waals surface area contributed by atoms with E-state index >= 15 is 0 Å². The van der Waals surface area contributed by atoms with Crippen molar-refractivity contribution in [3.05, 3.63) is 12.2 Å². The smallest absolute Gasteiger partial charge is 0.308 e. The molecule has 0 aliphatic carbocycles. The second kappa shape index (κ2) is 6.30. The molecule has 16 heavy (non-hydrogen) atoms. The van der Waals surface area contributed by atoms with Crippen LogP contribution in [0.2, 0.25) is 0 Å². The molecule has 3 atom stereocenters. The number of carbonyl (C=O) groups is 2. The highest BCUT2D eigenvalue weighted by Gasteiger charge is 2.22. The van der Waals surface area contributed by atoms with Crippen LogP contribution in [0.1, 0.15) is 34.1 Å². The van der Waals surface area contributed by atoms with Crippen molar-refractivity contribution < 1.29 is 14.7 Å². The standard InChI is InChI=1S/C12H21NO3/c1-7(2)6-8(3)11(14)13-10(5)9(4)12(15)16/h8-10H,1,6H2,2-5H3,(H,13,14)(H,15,16). The lowest BCUT2D eigenvalue weighted by Crippen LogP contribution is -2.42. The van der Waals surface area contributed by atoms with E-state index in [0.717, 1.165) is 5.57 Å². The van der Waals surface area contributed by atoms with Gasteiger partial charge in [-0.2, -0.15) is 0 Å². The van der Waals surface area contributed by atoms with E-state index in [0.29, 0.717) is 6.42 Å².